The molecule has 2 spiro atoms. The molecule has 10 atom stereocenters. The van der Waals surface area contributed by atoms with Gasteiger partial charge in [0.1, 0.15) is 0 Å². The molecular weight excluding hydrogens is 404 g/mol. The van der Waals surface area contributed by atoms with Gasteiger partial charge in [0, 0.05) is 6.61 Å². The lowest BCUT2D eigenvalue weighted by Gasteiger charge is -2.63. The SMILES string of the molecule is C=C(CCC(C)C1CCC2(C)C3CCC4C(C)(C)C(O)CCC45CC35CCC12C)C(C)CO. The van der Waals surface area contributed by atoms with Gasteiger partial charge >= 0.3 is 0 Å². The van der Waals surface area contributed by atoms with E-state index in [1.54, 1.807) is 0 Å². The monoisotopic (exact) mass is 456 g/mol. The van der Waals surface area contributed by atoms with Gasteiger partial charge in [0.15, 0.2) is 0 Å². The summed E-state index contributed by atoms with van der Waals surface area (Å²) in [6, 6.07) is 0. The van der Waals surface area contributed by atoms with Crippen LogP contribution in [0, 0.1) is 56.7 Å². The van der Waals surface area contributed by atoms with Gasteiger partial charge in [-0.05, 0) is 127 Å². The van der Waals surface area contributed by atoms with E-state index in [4.69, 9.17) is 0 Å². The quantitative estimate of drug-likeness (QED) is 0.409. The summed E-state index contributed by atoms with van der Waals surface area (Å²) < 4.78 is 0. The van der Waals surface area contributed by atoms with E-state index in [0.29, 0.717) is 21.7 Å². The molecule has 5 rings (SSSR count). The zero-order chi connectivity index (χ0) is 24.0. The van der Waals surface area contributed by atoms with E-state index in [1.165, 1.54) is 63.4 Å². The average Bonchev–Trinajstić information content (AvgIpc) is 3.36. The first kappa shape index (κ1) is 24.4. The van der Waals surface area contributed by atoms with Gasteiger partial charge in [-0.3, -0.25) is 0 Å². The molecule has 0 aromatic carbocycles. The topological polar surface area (TPSA) is 40.5 Å². The Hall–Kier alpha value is -0.340. The van der Waals surface area contributed by atoms with Crippen molar-refractivity contribution in [1.29, 1.82) is 0 Å². The Morgan fingerprint density at radius 2 is 1.55 bits per heavy atom. The van der Waals surface area contributed by atoms with Crippen LogP contribution < -0.4 is 0 Å². The third-order valence-corrected chi connectivity index (χ3v) is 13.7. The predicted molar refractivity (Wildman–Crippen MR) is 137 cm³/mol. The van der Waals surface area contributed by atoms with E-state index < -0.39 is 0 Å². The summed E-state index contributed by atoms with van der Waals surface area (Å²) in [5, 5.41) is 20.4. The van der Waals surface area contributed by atoms with Gasteiger partial charge in [0.2, 0.25) is 0 Å². The molecule has 2 nitrogen and oxygen atoms in total. The Morgan fingerprint density at radius 3 is 2.24 bits per heavy atom. The van der Waals surface area contributed by atoms with Crippen molar-refractivity contribution in [3.8, 4) is 0 Å². The molecule has 0 aromatic rings. The molecular formula is C31H52O2. The second kappa shape index (κ2) is 7.58. The van der Waals surface area contributed by atoms with E-state index in [1.807, 2.05) is 0 Å². The molecule has 0 saturated heterocycles. The molecule has 33 heavy (non-hydrogen) atoms. The third kappa shape index (κ3) is 2.98. The van der Waals surface area contributed by atoms with Crippen LogP contribution in [0.4, 0.5) is 0 Å². The van der Waals surface area contributed by atoms with Crippen LogP contribution in [0.25, 0.3) is 0 Å². The highest BCUT2D eigenvalue weighted by Gasteiger charge is 2.82. The Bertz CT molecular complexity index is 801. The summed E-state index contributed by atoms with van der Waals surface area (Å²) in [4.78, 5) is 0. The molecule has 10 unspecified atom stereocenters. The van der Waals surface area contributed by atoms with E-state index in [2.05, 4.69) is 48.1 Å². The maximum absolute atomic E-state index is 10.9. The van der Waals surface area contributed by atoms with E-state index in [0.717, 1.165) is 36.5 Å². The van der Waals surface area contributed by atoms with Crippen LogP contribution in [0.15, 0.2) is 12.2 Å². The van der Waals surface area contributed by atoms with Gasteiger partial charge in [-0.15, -0.1) is 0 Å². The van der Waals surface area contributed by atoms with E-state index >= 15 is 0 Å². The van der Waals surface area contributed by atoms with Crippen molar-refractivity contribution in [3.05, 3.63) is 12.2 Å². The Labute approximate surface area is 204 Å². The highest BCUT2D eigenvalue weighted by molar-refractivity contribution is 5.30. The van der Waals surface area contributed by atoms with Gasteiger partial charge in [-0.2, -0.15) is 0 Å². The molecule has 5 aliphatic carbocycles. The summed E-state index contributed by atoms with van der Waals surface area (Å²) in [6.07, 6.45) is 14.4. The van der Waals surface area contributed by atoms with Gasteiger partial charge in [0.25, 0.3) is 0 Å². The first-order chi connectivity index (χ1) is 15.4. The normalized spacial score (nSPS) is 51.5. The summed E-state index contributed by atoms with van der Waals surface area (Å²) in [7, 11) is 0. The molecule has 2 N–H and O–H groups in total. The molecule has 0 aliphatic heterocycles. The van der Waals surface area contributed by atoms with Crippen molar-refractivity contribution in [3.63, 3.8) is 0 Å². The summed E-state index contributed by atoms with van der Waals surface area (Å²) in [6.45, 7) is 19.3. The number of aliphatic hydroxyl groups is 2. The van der Waals surface area contributed by atoms with E-state index in [-0.39, 0.29) is 24.0 Å². The number of hydrogen-bond acceptors (Lipinski definition) is 2. The lowest BCUT2D eigenvalue weighted by Crippen LogP contribution is -2.57. The van der Waals surface area contributed by atoms with Crippen molar-refractivity contribution < 1.29 is 10.2 Å². The Kier molecular flexibility index (Phi) is 5.60. The lowest BCUT2D eigenvalue weighted by atomic mass is 9.41. The highest BCUT2D eigenvalue weighted by atomic mass is 16.3. The molecule has 0 aromatic heterocycles. The molecule has 0 radical (unpaired) electrons. The van der Waals surface area contributed by atoms with Gasteiger partial charge < -0.3 is 10.2 Å². The fourth-order valence-corrected chi connectivity index (χ4v) is 11.3. The zero-order valence-electron chi connectivity index (χ0n) is 22.6. The van der Waals surface area contributed by atoms with Crippen LogP contribution in [0.3, 0.4) is 0 Å². The molecule has 0 heterocycles. The number of rotatable bonds is 6. The second-order valence-corrected chi connectivity index (χ2v) is 14.8. The minimum Gasteiger partial charge on any atom is -0.396 e. The third-order valence-electron chi connectivity index (χ3n) is 13.7. The summed E-state index contributed by atoms with van der Waals surface area (Å²) in [5.74, 6) is 3.42. The zero-order valence-corrected chi connectivity index (χ0v) is 22.6. The molecule has 5 saturated carbocycles. The summed E-state index contributed by atoms with van der Waals surface area (Å²) in [5.41, 5.74) is 3.41. The van der Waals surface area contributed by atoms with E-state index in [9.17, 15) is 10.2 Å². The minimum absolute atomic E-state index is 0.0925. The first-order valence-electron chi connectivity index (χ1n) is 14.4. The maximum Gasteiger partial charge on any atom is 0.0594 e. The van der Waals surface area contributed by atoms with Gasteiger partial charge in [-0.25, -0.2) is 0 Å². The number of hydrogen-bond donors (Lipinski definition) is 2. The van der Waals surface area contributed by atoms with Crippen molar-refractivity contribution in [2.45, 2.75) is 118 Å². The fourth-order valence-electron chi connectivity index (χ4n) is 11.3. The predicted octanol–water partition coefficient (Wildman–Crippen LogP) is 7.39. The first-order valence-corrected chi connectivity index (χ1v) is 14.4. The lowest BCUT2D eigenvalue weighted by molar-refractivity contribution is -0.161. The van der Waals surface area contributed by atoms with Crippen LogP contribution >= 0.6 is 0 Å². The van der Waals surface area contributed by atoms with Crippen LogP contribution in [0.2, 0.25) is 0 Å². The Balaban J connectivity index is 1.36. The minimum atomic E-state index is -0.105. The van der Waals surface area contributed by atoms with Crippen molar-refractivity contribution in [2.24, 2.45) is 56.7 Å². The molecule has 0 bridgehead atoms. The number of fused-ring (bicyclic) bond motifs is 2. The van der Waals surface area contributed by atoms with Crippen LogP contribution in [-0.4, -0.2) is 22.9 Å². The van der Waals surface area contributed by atoms with Crippen LogP contribution in [0.1, 0.15) is 112 Å². The maximum atomic E-state index is 10.9. The van der Waals surface area contributed by atoms with Crippen molar-refractivity contribution >= 4 is 0 Å². The molecule has 0 amide bonds. The number of aliphatic hydroxyl groups excluding tert-OH is 2. The Morgan fingerprint density at radius 1 is 0.879 bits per heavy atom. The van der Waals surface area contributed by atoms with Crippen molar-refractivity contribution in [1.82, 2.24) is 0 Å². The summed E-state index contributed by atoms with van der Waals surface area (Å²) >= 11 is 0. The van der Waals surface area contributed by atoms with Crippen LogP contribution in [0.5, 0.6) is 0 Å². The van der Waals surface area contributed by atoms with Gasteiger partial charge in [-0.1, -0.05) is 53.7 Å². The largest absolute Gasteiger partial charge is 0.396 e. The fraction of sp³-hybridized carbons (Fsp3) is 0.935. The van der Waals surface area contributed by atoms with Crippen molar-refractivity contribution in [2.75, 3.05) is 6.61 Å². The standard InChI is InChI=1S/C31H52O2/c1-20(22(3)18-32)8-9-21(2)23-12-14-29(7)25-11-10-24-27(4,5)26(33)13-15-30(24)19-31(25,30)17-16-28(23,29)6/h21-26,32-33H,1,8-19H2,2-7H3. The molecule has 5 aliphatic rings. The second-order valence-electron chi connectivity index (χ2n) is 14.8. The smallest absolute Gasteiger partial charge is 0.0594 e. The highest BCUT2D eigenvalue weighted by Crippen LogP contribution is 2.89. The molecule has 5 fully saturated rings. The van der Waals surface area contributed by atoms with Crippen LogP contribution in [-0.2, 0) is 0 Å². The average molecular weight is 457 g/mol. The molecule has 188 valence electrons. The van der Waals surface area contributed by atoms with Gasteiger partial charge in [0.05, 0.1) is 6.10 Å². The molecule has 2 heteroatoms.